The van der Waals surface area contributed by atoms with Crippen LogP contribution in [-0.4, -0.2) is 29.4 Å². The monoisotopic (exact) mass is 255 g/mol. The predicted octanol–water partition coefficient (Wildman–Crippen LogP) is 2.31. The van der Waals surface area contributed by atoms with Gasteiger partial charge in [-0.1, -0.05) is 26.0 Å². The Kier molecular flexibility index (Phi) is 6.09. The fourth-order valence-electron chi connectivity index (χ4n) is 2.32. The molecular formula is C14H22FNO2. The standard InChI is InChI=1S/C14H22FNO2/c1-3-12(4-2)16(8-9-17)14-11(10-18)6-5-7-13(14)15/h5-7,12,17-18H,3-4,8-10H2,1-2H3. The minimum Gasteiger partial charge on any atom is -0.395 e. The van der Waals surface area contributed by atoms with Crippen LogP contribution < -0.4 is 4.90 Å². The second-order valence-corrected chi connectivity index (χ2v) is 4.29. The van der Waals surface area contributed by atoms with E-state index in [0.717, 1.165) is 12.8 Å². The fraction of sp³-hybridized carbons (Fsp3) is 0.571. The SMILES string of the molecule is CCC(CC)N(CCO)c1c(F)cccc1CO. The van der Waals surface area contributed by atoms with Gasteiger partial charge < -0.3 is 15.1 Å². The molecular weight excluding hydrogens is 233 g/mol. The van der Waals surface area contributed by atoms with Gasteiger partial charge in [0, 0.05) is 18.2 Å². The largest absolute Gasteiger partial charge is 0.395 e. The number of benzene rings is 1. The topological polar surface area (TPSA) is 43.7 Å². The molecule has 0 radical (unpaired) electrons. The lowest BCUT2D eigenvalue weighted by Crippen LogP contribution is -2.38. The number of hydrogen-bond donors (Lipinski definition) is 2. The first kappa shape index (κ1) is 14.9. The van der Waals surface area contributed by atoms with E-state index in [1.54, 1.807) is 12.1 Å². The molecule has 0 aromatic heterocycles. The Hall–Kier alpha value is -1.13. The highest BCUT2D eigenvalue weighted by Gasteiger charge is 2.21. The predicted molar refractivity (Wildman–Crippen MR) is 71.1 cm³/mol. The molecule has 0 spiro atoms. The normalized spacial score (nSPS) is 11.0. The van der Waals surface area contributed by atoms with Gasteiger partial charge in [-0.05, 0) is 18.9 Å². The van der Waals surface area contributed by atoms with Gasteiger partial charge in [-0.15, -0.1) is 0 Å². The summed E-state index contributed by atoms with van der Waals surface area (Å²) in [6.07, 6.45) is 1.74. The minimum absolute atomic E-state index is 0.0320. The lowest BCUT2D eigenvalue weighted by atomic mass is 10.1. The van der Waals surface area contributed by atoms with Crippen LogP contribution in [0.3, 0.4) is 0 Å². The summed E-state index contributed by atoms with van der Waals surface area (Å²) >= 11 is 0. The number of para-hydroxylation sites is 1. The van der Waals surface area contributed by atoms with Crippen molar-refractivity contribution in [2.45, 2.75) is 39.3 Å². The average Bonchev–Trinajstić information content (AvgIpc) is 2.39. The number of aliphatic hydroxyl groups is 2. The van der Waals surface area contributed by atoms with Crippen LogP contribution in [0.5, 0.6) is 0 Å². The van der Waals surface area contributed by atoms with Crippen molar-refractivity contribution in [2.24, 2.45) is 0 Å². The molecule has 0 heterocycles. The van der Waals surface area contributed by atoms with Crippen LogP contribution in [0.15, 0.2) is 18.2 Å². The van der Waals surface area contributed by atoms with E-state index in [0.29, 0.717) is 17.8 Å². The van der Waals surface area contributed by atoms with Gasteiger partial charge in [-0.2, -0.15) is 0 Å². The van der Waals surface area contributed by atoms with E-state index in [2.05, 4.69) is 0 Å². The van der Waals surface area contributed by atoms with Crippen molar-refractivity contribution < 1.29 is 14.6 Å². The summed E-state index contributed by atoms with van der Waals surface area (Å²) in [6, 6.07) is 4.86. The number of nitrogens with zero attached hydrogens (tertiary/aromatic N) is 1. The van der Waals surface area contributed by atoms with Crippen molar-refractivity contribution in [3.05, 3.63) is 29.6 Å². The van der Waals surface area contributed by atoms with Crippen LogP contribution in [0.25, 0.3) is 0 Å². The number of hydrogen-bond acceptors (Lipinski definition) is 3. The van der Waals surface area contributed by atoms with E-state index in [1.807, 2.05) is 18.7 Å². The highest BCUT2D eigenvalue weighted by atomic mass is 19.1. The Morgan fingerprint density at radius 1 is 1.22 bits per heavy atom. The zero-order chi connectivity index (χ0) is 13.5. The maximum Gasteiger partial charge on any atom is 0.146 e. The number of anilines is 1. The van der Waals surface area contributed by atoms with Crippen LogP contribution >= 0.6 is 0 Å². The molecule has 0 unspecified atom stereocenters. The van der Waals surface area contributed by atoms with Crippen LogP contribution in [0.4, 0.5) is 10.1 Å². The summed E-state index contributed by atoms with van der Waals surface area (Å²) in [5.41, 5.74) is 0.984. The van der Waals surface area contributed by atoms with Gasteiger partial charge in [0.1, 0.15) is 5.82 Å². The summed E-state index contributed by atoms with van der Waals surface area (Å²) in [6.45, 7) is 4.22. The maximum absolute atomic E-state index is 14.0. The van der Waals surface area contributed by atoms with Crippen LogP contribution in [-0.2, 0) is 6.61 Å². The van der Waals surface area contributed by atoms with Crippen molar-refractivity contribution in [3.8, 4) is 0 Å². The summed E-state index contributed by atoms with van der Waals surface area (Å²) in [7, 11) is 0. The Labute approximate surface area is 108 Å². The van der Waals surface area contributed by atoms with Gasteiger partial charge in [0.15, 0.2) is 0 Å². The minimum atomic E-state index is -0.345. The Bertz CT molecular complexity index is 367. The van der Waals surface area contributed by atoms with Gasteiger partial charge in [-0.25, -0.2) is 4.39 Å². The molecule has 0 fully saturated rings. The smallest absolute Gasteiger partial charge is 0.146 e. The van der Waals surface area contributed by atoms with Crippen molar-refractivity contribution in [1.29, 1.82) is 0 Å². The number of aliphatic hydroxyl groups excluding tert-OH is 2. The first-order valence-electron chi connectivity index (χ1n) is 6.45. The van der Waals surface area contributed by atoms with Gasteiger partial charge in [0.25, 0.3) is 0 Å². The molecule has 1 aromatic carbocycles. The summed E-state index contributed by atoms with van der Waals surface area (Å²) in [5.74, 6) is -0.345. The maximum atomic E-state index is 14.0. The molecule has 4 heteroatoms. The molecule has 0 aliphatic carbocycles. The lowest BCUT2D eigenvalue weighted by molar-refractivity contribution is 0.278. The third-order valence-electron chi connectivity index (χ3n) is 3.25. The van der Waals surface area contributed by atoms with Gasteiger partial charge in [-0.3, -0.25) is 0 Å². The van der Waals surface area contributed by atoms with E-state index in [9.17, 15) is 9.50 Å². The summed E-state index contributed by atoms with van der Waals surface area (Å²) in [5, 5.41) is 18.5. The third kappa shape index (κ3) is 3.21. The highest BCUT2D eigenvalue weighted by Crippen LogP contribution is 2.28. The van der Waals surface area contributed by atoms with Crippen molar-refractivity contribution in [2.75, 3.05) is 18.1 Å². The van der Waals surface area contributed by atoms with Crippen LogP contribution in [0.2, 0.25) is 0 Å². The second-order valence-electron chi connectivity index (χ2n) is 4.29. The fourth-order valence-corrected chi connectivity index (χ4v) is 2.32. The Morgan fingerprint density at radius 3 is 2.39 bits per heavy atom. The lowest BCUT2D eigenvalue weighted by Gasteiger charge is -2.33. The molecule has 0 saturated heterocycles. The molecule has 0 saturated carbocycles. The zero-order valence-electron chi connectivity index (χ0n) is 11.1. The molecule has 0 aliphatic heterocycles. The second kappa shape index (κ2) is 7.34. The number of rotatable bonds is 7. The van der Waals surface area contributed by atoms with Crippen molar-refractivity contribution >= 4 is 5.69 Å². The molecule has 0 amide bonds. The molecule has 18 heavy (non-hydrogen) atoms. The van der Waals surface area contributed by atoms with E-state index < -0.39 is 0 Å². The van der Waals surface area contributed by atoms with Crippen molar-refractivity contribution in [1.82, 2.24) is 0 Å². The molecule has 1 aromatic rings. The Morgan fingerprint density at radius 2 is 1.89 bits per heavy atom. The van der Waals surface area contributed by atoms with Gasteiger partial charge >= 0.3 is 0 Å². The van der Waals surface area contributed by atoms with E-state index in [4.69, 9.17) is 5.11 Å². The first-order valence-corrected chi connectivity index (χ1v) is 6.45. The zero-order valence-corrected chi connectivity index (χ0v) is 11.1. The summed E-state index contributed by atoms with van der Waals surface area (Å²) in [4.78, 5) is 1.86. The van der Waals surface area contributed by atoms with Crippen LogP contribution in [0.1, 0.15) is 32.3 Å². The van der Waals surface area contributed by atoms with E-state index >= 15 is 0 Å². The molecule has 0 aliphatic rings. The quantitative estimate of drug-likeness (QED) is 0.785. The van der Waals surface area contributed by atoms with Gasteiger partial charge in [0.2, 0.25) is 0 Å². The molecule has 0 atom stereocenters. The Balaban J connectivity index is 3.19. The summed E-state index contributed by atoms with van der Waals surface area (Å²) < 4.78 is 14.0. The van der Waals surface area contributed by atoms with Crippen molar-refractivity contribution in [3.63, 3.8) is 0 Å². The molecule has 3 nitrogen and oxygen atoms in total. The average molecular weight is 255 g/mol. The first-order chi connectivity index (χ1) is 8.69. The highest BCUT2D eigenvalue weighted by molar-refractivity contribution is 5.55. The number of halogens is 1. The molecule has 102 valence electrons. The van der Waals surface area contributed by atoms with E-state index in [1.165, 1.54) is 6.07 Å². The van der Waals surface area contributed by atoms with Crippen LogP contribution in [0, 0.1) is 5.82 Å². The molecule has 0 bridgehead atoms. The third-order valence-corrected chi connectivity index (χ3v) is 3.25. The van der Waals surface area contributed by atoms with E-state index in [-0.39, 0.29) is 25.1 Å². The van der Waals surface area contributed by atoms with Gasteiger partial charge in [0.05, 0.1) is 18.9 Å². The molecule has 1 rings (SSSR count). The molecule has 2 N–H and O–H groups in total.